The monoisotopic (exact) mass is 271 g/mol. The predicted octanol–water partition coefficient (Wildman–Crippen LogP) is 1.50. The van der Waals surface area contributed by atoms with E-state index in [0.29, 0.717) is 17.3 Å². The van der Waals surface area contributed by atoms with Crippen LogP contribution in [-0.2, 0) is 0 Å². The Morgan fingerprint density at radius 1 is 1.44 bits per heavy atom. The summed E-state index contributed by atoms with van der Waals surface area (Å²) in [6.45, 7) is 2.40. The minimum absolute atomic E-state index is 0.119. The third-order valence-corrected chi connectivity index (χ3v) is 3.06. The lowest BCUT2D eigenvalue weighted by molar-refractivity contribution is 0.385. The van der Waals surface area contributed by atoms with Gasteiger partial charge in [-0.15, -0.1) is 0 Å². The number of nitrogens with two attached hydrogens (primary N) is 1. The van der Waals surface area contributed by atoms with E-state index >= 15 is 0 Å². The average Bonchev–Trinajstić information content (AvgIpc) is 2.34. The number of halogens is 1. The molecule has 102 valence electrons. The van der Waals surface area contributed by atoms with Crippen molar-refractivity contribution in [2.45, 2.75) is 6.04 Å². The third-order valence-electron chi connectivity index (χ3n) is 2.76. The summed E-state index contributed by atoms with van der Waals surface area (Å²) in [5.41, 5.74) is 6.88. The molecule has 0 aliphatic carbocycles. The molecule has 4 nitrogen and oxygen atoms in total. The van der Waals surface area contributed by atoms with Crippen molar-refractivity contribution < 1.29 is 4.74 Å². The lowest BCUT2D eigenvalue weighted by Crippen LogP contribution is -2.33. The van der Waals surface area contributed by atoms with Crippen LogP contribution in [0.2, 0.25) is 5.02 Å². The number of rotatable bonds is 7. The van der Waals surface area contributed by atoms with Gasteiger partial charge in [0.1, 0.15) is 5.75 Å². The highest BCUT2D eigenvalue weighted by Crippen LogP contribution is 2.27. The number of hydrogen-bond acceptors (Lipinski definition) is 4. The van der Waals surface area contributed by atoms with Crippen molar-refractivity contribution in [3.05, 3.63) is 28.8 Å². The lowest BCUT2D eigenvalue weighted by Gasteiger charge is -2.19. The third kappa shape index (κ3) is 4.46. The van der Waals surface area contributed by atoms with Gasteiger partial charge in [-0.25, -0.2) is 0 Å². The van der Waals surface area contributed by atoms with Crippen molar-refractivity contribution in [2.75, 3.05) is 40.8 Å². The van der Waals surface area contributed by atoms with Crippen LogP contribution in [0.3, 0.4) is 0 Å². The first-order valence-electron chi connectivity index (χ1n) is 6.00. The van der Waals surface area contributed by atoms with E-state index in [1.807, 2.05) is 32.3 Å². The molecule has 0 aliphatic heterocycles. The molecule has 1 unspecified atom stereocenters. The van der Waals surface area contributed by atoms with Gasteiger partial charge < -0.3 is 20.7 Å². The summed E-state index contributed by atoms with van der Waals surface area (Å²) in [5.74, 6) is 0.685. The van der Waals surface area contributed by atoms with Gasteiger partial charge in [0.2, 0.25) is 0 Å². The Kier molecular flexibility index (Phi) is 6.43. The van der Waals surface area contributed by atoms with Crippen LogP contribution in [0.25, 0.3) is 0 Å². The molecule has 1 atom stereocenters. The van der Waals surface area contributed by atoms with Gasteiger partial charge >= 0.3 is 0 Å². The maximum atomic E-state index is 6.11. The second kappa shape index (κ2) is 7.59. The van der Waals surface area contributed by atoms with E-state index in [0.717, 1.165) is 18.7 Å². The highest BCUT2D eigenvalue weighted by molar-refractivity contribution is 6.32. The summed E-state index contributed by atoms with van der Waals surface area (Å²) in [6.07, 6.45) is 0. The Balaban J connectivity index is 2.67. The van der Waals surface area contributed by atoms with Crippen molar-refractivity contribution in [1.82, 2.24) is 10.2 Å². The highest BCUT2D eigenvalue weighted by atomic mass is 35.5. The quantitative estimate of drug-likeness (QED) is 0.789. The summed E-state index contributed by atoms with van der Waals surface area (Å²) in [5, 5.41) is 4.03. The van der Waals surface area contributed by atoms with Crippen LogP contribution in [0.15, 0.2) is 18.2 Å². The fraction of sp³-hybridized carbons (Fsp3) is 0.538. The molecule has 0 spiro atoms. The van der Waals surface area contributed by atoms with Crippen LogP contribution in [0.1, 0.15) is 11.6 Å². The van der Waals surface area contributed by atoms with E-state index in [1.54, 1.807) is 7.11 Å². The van der Waals surface area contributed by atoms with Crippen LogP contribution >= 0.6 is 11.6 Å². The second-order valence-electron chi connectivity index (χ2n) is 4.44. The second-order valence-corrected chi connectivity index (χ2v) is 4.85. The molecule has 0 heterocycles. The summed E-state index contributed by atoms with van der Waals surface area (Å²) in [4.78, 5) is 2.13. The molecule has 1 rings (SSSR count). The molecule has 5 heteroatoms. The van der Waals surface area contributed by atoms with Crippen molar-refractivity contribution >= 4 is 11.6 Å². The Bertz CT molecular complexity index is 371. The summed E-state index contributed by atoms with van der Waals surface area (Å²) >= 11 is 6.11. The number of likely N-dealkylation sites (N-methyl/N-ethyl adjacent to an activating group) is 1. The molecular weight excluding hydrogens is 250 g/mol. The molecule has 0 aliphatic rings. The zero-order chi connectivity index (χ0) is 13.5. The number of methoxy groups -OCH3 is 1. The molecule has 0 bridgehead atoms. The van der Waals surface area contributed by atoms with E-state index in [2.05, 4.69) is 10.2 Å². The average molecular weight is 272 g/mol. The van der Waals surface area contributed by atoms with E-state index in [9.17, 15) is 0 Å². The largest absolute Gasteiger partial charge is 0.495 e. The van der Waals surface area contributed by atoms with Crippen molar-refractivity contribution in [3.8, 4) is 5.75 Å². The summed E-state index contributed by atoms with van der Waals surface area (Å²) in [7, 11) is 5.70. The van der Waals surface area contributed by atoms with Crippen molar-refractivity contribution in [3.63, 3.8) is 0 Å². The number of hydrogen-bond donors (Lipinski definition) is 2. The van der Waals surface area contributed by atoms with Crippen LogP contribution < -0.4 is 15.8 Å². The number of ether oxygens (including phenoxy) is 1. The number of nitrogens with one attached hydrogen (secondary N) is 1. The maximum absolute atomic E-state index is 6.11. The zero-order valence-corrected chi connectivity index (χ0v) is 12.0. The topological polar surface area (TPSA) is 50.5 Å². The number of benzene rings is 1. The Morgan fingerprint density at radius 2 is 2.17 bits per heavy atom. The van der Waals surface area contributed by atoms with Gasteiger partial charge in [-0.05, 0) is 31.8 Å². The van der Waals surface area contributed by atoms with Crippen LogP contribution in [0.4, 0.5) is 0 Å². The summed E-state index contributed by atoms with van der Waals surface area (Å²) in [6, 6.07) is 5.88. The first-order valence-corrected chi connectivity index (χ1v) is 6.38. The Labute approximate surface area is 114 Å². The molecule has 0 fully saturated rings. The maximum Gasteiger partial charge on any atom is 0.137 e. The molecule has 18 heavy (non-hydrogen) atoms. The molecule has 0 saturated carbocycles. The lowest BCUT2D eigenvalue weighted by atomic mass is 10.1. The van der Waals surface area contributed by atoms with Crippen LogP contribution in [0.5, 0.6) is 5.75 Å². The smallest absolute Gasteiger partial charge is 0.137 e. The van der Waals surface area contributed by atoms with Gasteiger partial charge in [-0.1, -0.05) is 17.7 Å². The molecule has 1 aromatic rings. The molecule has 3 N–H and O–H groups in total. The van der Waals surface area contributed by atoms with Gasteiger partial charge in [0.25, 0.3) is 0 Å². The minimum atomic E-state index is 0.119. The molecule has 0 amide bonds. The van der Waals surface area contributed by atoms with E-state index in [4.69, 9.17) is 22.1 Å². The van der Waals surface area contributed by atoms with Crippen molar-refractivity contribution in [2.24, 2.45) is 5.73 Å². The molecular formula is C13H22ClN3O. The Hall–Kier alpha value is -0.810. The van der Waals surface area contributed by atoms with E-state index in [1.165, 1.54) is 0 Å². The van der Waals surface area contributed by atoms with Crippen molar-refractivity contribution in [1.29, 1.82) is 0 Å². The molecule has 1 aromatic carbocycles. The van der Waals surface area contributed by atoms with Crippen LogP contribution in [0, 0.1) is 0 Å². The predicted molar refractivity (Wildman–Crippen MR) is 76.4 cm³/mol. The highest BCUT2D eigenvalue weighted by Gasteiger charge is 2.11. The first kappa shape index (κ1) is 15.2. The fourth-order valence-electron chi connectivity index (χ4n) is 1.70. The Morgan fingerprint density at radius 3 is 2.67 bits per heavy atom. The fourth-order valence-corrected chi connectivity index (χ4v) is 1.97. The van der Waals surface area contributed by atoms with E-state index in [-0.39, 0.29) is 6.04 Å². The molecule has 0 aromatic heterocycles. The number of nitrogens with zero attached hydrogens (tertiary/aromatic N) is 1. The molecule has 0 saturated heterocycles. The summed E-state index contributed by atoms with van der Waals surface area (Å²) < 4.78 is 5.14. The van der Waals surface area contributed by atoms with Gasteiger partial charge in [0.15, 0.2) is 0 Å². The van der Waals surface area contributed by atoms with Gasteiger partial charge in [0.05, 0.1) is 12.1 Å². The molecule has 0 radical (unpaired) electrons. The standard InChI is InChI=1S/C13H22ClN3O/c1-17(2)7-6-16-12(9-15)10-4-5-13(18-3)11(14)8-10/h4-5,8,12,16H,6-7,9,15H2,1-3H3. The van der Waals surface area contributed by atoms with Gasteiger partial charge in [-0.2, -0.15) is 0 Å². The minimum Gasteiger partial charge on any atom is -0.495 e. The van der Waals surface area contributed by atoms with Gasteiger partial charge in [-0.3, -0.25) is 0 Å². The van der Waals surface area contributed by atoms with Crippen LogP contribution in [-0.4, -0.2) is 45.7 Å². The first-order chi connectivity index (χ1) is 8.58. The normalized spacial score (nSPS) is 12.8. The van der Waals surface area contributed by atoms with Gasteiger partial charge in [0, 0.05) is 25.7 Å². The SMILES string of the molecule is COc1ccc(C(CN)NCCN(C)C)cc1Cl. The zero-order valence-electron chi connectivity index (χ0n) is 11.2. The van der Waals surface area contributed by atoms with E-state index < -0.39 is 0 Å².